The maximum atomic E-state index is 12.8. The molecule has 21 heavy (non-hydrogen) atoms. The molecule has 0 amide bonds. The predicted molar refractivity (Wildman–Crippen MR) is 82.1 cm³/mol. The lowest BCUT2D eigenvalue weighted by atomic mass is 10.1. The minimum atomic E-state index is -3.82. The predicted octanol–water partition coefficient (Wildman–Crippen LogP) is 2.91. The van der Waals surface area contributed by atoms with Gasteiger partial charge in [0, 0.05) is 17.1 Å². The zero-order chi connectivity index (χ0) is 16.4. The van der Waals surface area contributed by atoms with Gasteiger partial charge in [-0.05, 0) is 45.4 Å². The topological polar surface area (TPSA) is 74.7 Å². The Morgan fingerprint density at radius 1 is 1.33 bits per heavy atom. The van der Waals surface area contributed by atoms with Crippen LogP contribution in [-0.4, -0.2) is 35.9 Å². The van der Waals surface area contributed by atoms with Crippen LogP contribution in [0.5, 0.6) is 0 Å². The molecule has 1 rings (SSSR count). The Balaban J connectivity index is 3.34. The zero-order valence-corrected chi connectivity index (χ0v) is 14.1. The maximum absolute atomic E-state index is 12.8. The number of carboxylic acid groups (broad SMARTS) is 1. The molecule has 0 atom stereocenters. The molecule has 1 aromatic rings. The molecule has 0 fully saturated rings. The Labute approximate surface area is 130 Å². The number of rotatable bonds is 5. The van der Waals surface area contributed by atoms with Gasteiger partial charge in [-0.25, -0.2) is 8.42 Å². The van der Waals surface area contributed by atoms with E-state index in [1.54, 1.807) is 39.8 Å². The van der Waals surface area contributed by atoms with E-state index in [2.05, 4.69) is 0 Å². The molecular weight excluding hydrogens is 314 g/mol. The van der Waals surface area contributed by atoms with Gasteiger partial charge in [0.25, 0.3) is 0 Å². The third-order valence-electron chi connectivity index (χ3n) is 3.06. The van der Waals surface area contributed by atoms with Crippen molar-refractivity contribution in [3.05, 3.63) is 28.8 Å². The van der Waals surface area contributed by atoms with Crippen molar-refractivity contribution in [2.45, 2.75) is 44.6 Å². The number of halogens is 1. The van der Waals surface area contributed by atoms with Gasteiger partial charge in [0.15, 0.2) is 0 Å². The lowest BCUT2D eigenvalue weighted by Gasteiger charge is -2.34. The highest BCUT2D eigenvalue weighted by atomic mass is 35.5. The van der Waals surface area contributed by atoms with Gasteiger partial charge in [-0.1, -0.05) is 17.7 Å². The average molecular weight is 334 g/mol. The van der Waals surface area contributed by atoms with E-state index in [-0.39, 0.29) is 17.9 Å². The standard InChI is InChI=1S/C14H20ClNO4S/c1-10-11(15)6-5-7-12(10)21(19,20)16(14(2,3)4)9-8-13(17)18/h5-7H,8-9H2,1-4H3,(H,17,18). The summed E-state index contributed by atoms with van der Waals surface area (Å²) in [5.41, 5.74) is -0.271. The Morgan fingerprint density at radius 3 is 2.38 bits per heavy atom. The fourth-order valence-corrected chi connectivity index (χ4v) is 4.27. The molecule has 1 aromatic carbocycles. The largest absolute Gasteiger partial charge is 0.481 e. The van der Waals surface area contributed by atoms with Gasteiger partial charge in [0.1, 0.15) is 0 Å². The number of carboxylic acids is 1. The van der Waals surface area contributed by atoms with Crippen LogP contribution >= 0.6 is 11.6 Å². The van der Waals surface area contributed by atoms with Gasteiger partial charge < -0.3 is 5.11 Å². The third kappa shape index (κ3) is 4.18. The molecule has 5 nitrogen and oxygen atoms in total. The lowest BCUT2D eigenvalue weighted by molar-refractivity contribution is -0.137. The van der Waals surface area contributed by atoms with Gasteiger partial charge in [-0.2, -0.15) is 4.31 Å². The Kier molecular flexibility index (Phi) is 5.41. The van der Waals surface area contributed by atoms with Crippen LogP contribution in [0.2, 0.25) is 5.02 Å². The molecule has 7 heteroatoms. The third-order valence-corrected chi connectivity index (χ3v) is 5.78. The van der Waals surface area contributed by atoms with Crippen molar-refractivity contribution in [2.24, 2.45) is 0 Å². The van der Waals surface area contributed by atoms with Crippen LogP contribution in [0.3, 0.4) is 0 Å². The normalized spacial score (nSPS) is 12.7. The fourth-order valence-electron chi connectivity index (χ4n) is 2.00. The first kappa shape index (κ1) is 17.9. The molecule has 0 bridgehead atoms. The quantitative estimate of drug-likeness (QED) is 0.899. The van der Waals surface area contributed by atoms with E-state index in [9.17, 15) is 13.2 Å². The number of sulfonamides is 1. The van der Waals surface area contributed by atoms with Crippen molar-refractivity contribution < 1.29 is 18.3 Å². The molecular formula is C14H20ClNO4S. The molecule has 0 aliphatic carbocycles. The Hall–Kier alpha value is -1.11. The van der Waals surface area contributed by atoms with Crippen LogP contribution in [0.4, 0.5) is 0 Å². The highest BCUT2D eigenvalue weighted by molar-refractivity contribution is 7.89. The molecule has 1 N–H and O–H groups in total. The SMILES string of the molecule is Cc1c(Cl)cccc1S(=O)(=O)N(CCC(=O)O)C(C)(C)C. The van der Waals surface area contributed by atoms with Gasteiger partial charge in [0.05, 0.1) is 11.3 Å². The van der Waals surface area contributed by atoms with Crippen molar-refractivity contribution in [2.75, 3.05) is 6.54 Å². The summed E-state index contributed by atoms with van der Waals surface area (Å²) in [6.45, 7) is 6.73. The summed E-state index contributed by atoms with van der Waals surface area (Å²) in [5.74, 6) is -1.04. The number of hydrogen-bond acceptors (Lipinski definition) is 3. The average Bonchev–Trinajstić information content (AvgIpc) is 2.30. The second kappa shape index (κ2) is 6.34. The van der Waals surface area contributed by atoms with E-state index in [1.165, 1.54) is 10.4 Å². The van der Waals surface area contributed by atoms with E-state index >= 15 is 0 Å². The van der Waals surface area contributed by atoms with E-state index < -0.39 is 21.5 Å². The number of hydrogen-bond donors (Lipinski definition) is 1. The summed E-state index contributed by atoms with van der Waals surface area (Å²) in [6, 6.07) is 4.67. The Bertz CT molecular complexity index is 635. The van der Waals surface area contributed by atoms with Gasteiger partial charge in [-0.3, -0.25) is 4.79 Å². The second-order valence-corrected chi connectivity index (χ2v) is 7.99. The van der Waals surface area contributed by atoms with Crippen LogP contribution in [0, 0.1) is 6.92 Å². The van der Waals surface area contributed by atoms with Crippen LogP contribution < -0.4 is 0 Å². The molecule has 0 aliphatic heterocycles. The van der Waals surface area contributed by atoms with Gasteiger partial charge in [-0.15, -0.1) is 0 Å². The molecule has 0 unspecified atom stereocenters. The highest BCUT2D eigenvalue weighted by Gasteiger charge is 2.35. The molecule has 0 spiro atoms. The molecule has 0 heterocycles. The fraction of sp³-hybridized carbons (Fsp3) is 0.500. The summed E-state index contributed by atoms with van der Waals surface area (Å²) in [4.78, 5) is 10.9. The molecule has 0 radical (unpaired) electrons. The molecule has 0 saturated heterocycles. The summed E-state index contributed by atoms with van der Waals surface area (Å²) < 4.78 is 26.9. The van der Waals surface area contributed by atoms with Gasteiger partial charge in [0.2, 0.25) is 10.0 Å². The van der Waals surface area contributed by atoms with Crippen molar-refractivity contribution in [1.29, 1.82) is 0 Å². The van der Waals surface area contributed by atoms with Crippen molar-refractivity contribution >= 4 is 27.6 Å². The van der Waals surface area contributed by atoms with E-state index in [1.807, 2.05) is 0 Å². The second-order valence-electron chi connectivity index (χ2n) is 5.75. The molecule has 0 saturated carbocycles. The minimum Gasteiger partial charge on any atom is -0.481 e. The smallest absolute Gasteiger partial charge is 0.304 e. The van der Waals surface area contributed by atoms with E-state index in [4.69, 9.17) is 16.7 Å². The first-order chi connectivity index (χ1) is 9.48. The lowest BCUT2D eigenvalue weighted by Crippen LogP contribution is -2.46. The van der Waals surface area contributed by atoms with Crippen molar-refractivity contribution in [1.82, 2.24) is 4.31 Å². The number of aliphatic carboxylic acids is 1. The maximum Gasteiger partial charge on any atom is 0.304 e. The number of nitrogens with zero attached hydrogens (tertiary/aromatic N) is 1. The van der Waals surface area contributed by atoms with Crippen LogP contribution in [0.25, 0.3) is 0 Å². The Morgan fingerprint density at radius 2 is 1.90 bits per heavy atom. The van der Waals surface area contributed by atoms with Crippen molar-refractivity contribution in [3.63, 3.8) is 0 Å². The van der Waals surface area contributed by atoms with E-state index in [0.29, 0.717) is 10.6 Å². The minimum absolute atomic E-state index is 0.0902. The highest BCUT2D eigenvalue weighted by Crippen LogP contribution is 2.29. The zero-order valence-electron chi connectivity index (χ0n) is 12.6. The summed E-state index contributed by atoms with van der Waals surface area (Å²) in [6.07, 6.45) is -0.254. The van der Waals surface area contributed by atoms with E-state index in [0.717, 1.165) is 0 Å². The molecule has 118 valence electrons. The van der Waals surface area contributed by atoms with Gasteiger partial charge >= 0.3 is 5.97 Å². The number of carbonyl (C=O) groups is 1. The van der Waals surface area contributed by atoms with Crippen LogP contribution in [0.15, 0.2) is 23.1 Å². The monoisotopic (exact) mass is 333 g/mol. The summed E-state index contributed by atoms with van der Waals surface area (Å²) in [7, 11) is -3.82. The first-order valence-corrected chi connectivity index (χ1v) is 8.29. The molecule has 0 aromatic heterocycles. The molecule has 0 aliphatic rings. The van der Waals surface area contributed by atoms with Crippen molar-refractivity contribution in [3.8, 4) is 0 Å². The van der Waals surface area contributed by atoms with Crippen LogP contribution in [0.1, 0.15) is 32.8 Å². The number of benzene rings is 1. The summed E-state index contributed by atoms with van der Waals surface area (Å²) in [5, 5.41) is 9.18. The summed E-state index contributed by atoms with van der Waals surface area (Å²) >= 11 is 5.99. The van der Waals surface area contributed by atoms with Crippen LogP contribution in [-0.2, 0) is 14.8 Å². The first-order valence-electron chi connectivity index (χ1n) is 6.47.